The van der Waals surface area contributed by atoms with Gasteiger partial charge >= 0.3 is 12.1 Å². The Morgan fingerprint density at radius 2 is 1.81 bits per heavy atom. The lowest BCUT2D eigenvalue weighted by molar-refractivity contribution is -0.159. The van der Waals surface area contributed by atoms with Crippen LogP contribution in [0.4, 0.5) is 23.2 Å². The zero-order valence-electron chi connectivity index (χ0n) is 22.6. The number of rotatable bonds is 5. The summed E-state index contributed by atoms with van der Waals surface area (Å²) in [7, 11) is -4.20. The number of benzene rings is 2. The third-order valence-electron chi connectivity index (χ3n) is 6.93. The summed E-state index contributed by atoms with van der Waals surface area (Å²) < 4.78 is 84.6. The van der Waals surface area contributed by atoms with Gasteiger partial charge in [0.05, 0.1) is 40.4 Å². The average molecular weight is 615 g/mol. The topological polar surface area (TPSA) is 156 Å². The number of sulfone groups is 1. The minimum absolute atomic E-state index is 0.0572. The fourth-order valence-corrected chi connectivity index (χ4v) is 6.06. The first-order chi connectivity index (χ1) is 20.1. The Hall–Kier alpha value is -4.68. The van der Waals surface area contributed by atoms with Crippen LogP contribution in [0, 0.1) is 17.1 Å². The van der Waals surface area contributed by atoms with Gasteiger partial charge in [0.25, 0.3) is 0 Å². The predicted octanol–water partition coefficient (Wildman–Crippen LogP) is 4.41. The molecule has 0 aliphatic carbocycles. The molecule has 43 heavy (non-hydrogen) atoms. The molecule has 15 heteroatoms. The van der Waals surface area contributed by atoms with Crippen molar-refractivity contribution in [3.63, 3.8) is 0 Å². The third-order valence-corrected chi connectivity index (χ3v) is 8.72. The Bertz CT molecular complexity index is 1880. The van der Waals surface area contributed by atoms with E-state index in [4.69, 9.17) is 5.73 Å². The monoisotopic (exact) mass is 614 g/mol. The SMILES string of the molecule is CC(C)(C#N)c1cncc(-c2cc3c(cc2F)S(=O)(=O)C[C@H](N)C(=O)N3Cc2ccc(-c3noc(C(F)(F)F)n3)cc2)c1. The van der Waals surface area contributed by atoms with E-state index in [0.717, 1.165) is 11.0 Å². The largest absolute Gasteiger partial charge is 0.471 e. The van der Waals surface area contributed by atoms with Gasteiger partial charge in [0.1, 0.15) is 5.82 Å². The van der Waals surface area contributed by atoms with Crippen LogP contribution >= 0.6 is 0 Å². The zero-order chi connectivity index (χ0) is 31.3. The van der Waals surface area contributed by atoms with E-state index in [2.05, 4.69) is 25.7 Å². The van der Waals surface area contributed by atoms with E-state index >= 15 is 4.39 Å². The molecule has 0 unspecified atom stereocenters. The molecule has 1 aliphatic heterocycles. The van der Waals surface area contributed by atoms with Crippen molar-refractivity contribution in [2.45, 2.75) is 42.9 Å². The summed E-state index contributed by atoms with van der Waals surface area (Å²) in [5.74, 6) is -4.19. The summed E-state index contributed by atoms with van der Waals surface area (Å²) in [6.07, 6.45) is -1.99. The standard InChI is InChI=1S/C28H22F4N6O4S/c1-27(2,14-33)18-7-17(10-35-11-18)19-8-22-23(9-20(19)29)43(40,41)13-21(34)25(39)38(22)12-15-3-5-16(6-4-15)24-36-26(42-37-24)28(30,31)32/h3-11,21H,12-13,34H2,1-2H3/t21-/m0/s1. The van der Waals surface area contributed by atoms with E-state index in [9.17, 15) is 31.6 Å². The first-order valence-electron chi connectivity index (χ1n) is 12.6. The number of anilines is 1. The van der Waals surface area contributed by atoms with E-state index in [0.29, 0.717) is 11.1 Å². The molecule has 1 amide bonds. The van der Waals surface area contributed by atoms with Crippen molar-refractivity contribution >= 4 is 21.4 Å². The fourth-order valence-electron chi connectivity index (χ4n) is 4.50. The number of aromatic nitrogens is 3. The molecule has 0 saturated heterocycles. The number of halogens is 4. The van der Waals surface area contributed by atoms with E-state index in [1.807, 2.05) is 0 Å². The van der Waals surface area contributed by atoms with Gasteiger partial charge in [0.15, 0.2) is 9.84 Å². The summed E-state index contributed by atoms with van der Waals surface area (Å²) in [6, 6.07) is 10.1. The molecule has 10 nitrogen and oxygen atoms in total. The van der Waals surface area contributed by atoms with E-state index in [1.54, 1.807) is 19.9 Å². The second-order valence-corrected chi connectivity index (χ2v) is 12.4. The van der Waals surface area contributed by atoms with Crippen molar-refractivity contribution in [2.24, 2.45) is 5.73 Å². The highest BCUT2D eigenvalue weighted by molar-refractivity contribution is 7.91. The summed E-state index contributed by atoms with van der Waals surface area (Å²) in [5.41, 5.74) is 6.22. The van der Waals surface area contributed by atoms with Crippen LogP contribution in [0.1, 0.15) is 30.9 Å². The number of amides is 1. The van der Waals surface area contributed by atoms with Crippen molar-refractivity contribution in [2.75, 3.05) is 10.7 Å². The molecule has 4 aromatic rings. The van der Waals surface area contributed by atoms with Gasteiger partial charge < -0.3 is 15.2 Å². The minimum atomic E-state index is -4.81. The number of nitriles is 1. The van der Waals surface area contributed by atoms with Gasteiger partial charge in [0.2, 0.25) is 11.7 Å². The fraction of sp³-hybridized carbons (Fsp3) is 0.250. The molecule has 2 aromatic heterocycles. The number of nitrogens with two attached hydrogens (primary N) is 1. The lowest BCUT2D eigenvalue weighted by atomic mass is 9.86. The molecule has 0 spiro atoms. The lowest BCUT2D eigenvalue weighted by Crippen LogP contribution is -2.45. The number of pyridine rings is 1. The van der Waals surface area contributed by atoms with Gasteiger partial charge in [-0.2, -0.15) is 23.4 Å². The molecule has 0 bridgehead atoms. The second-order valence-electron chi connectivity index (χ2n) is 10.4. The summed E-state index contributed by atoms with van der Waals surface area (Å²) in [4.78, 5) is 21.6. The Labute approximate surface area is 242 Å². The molecule has 5 rings (SSSR count). The van der Waals surface area contributed by atoms with E-state index in [1.165, 1.54) is 42.7 Å². The van der Waals surface area contributed by atoms with Gasteiger partial charge in [-0.1, -0.05) is 29.4 Å². The number of carbonyl (C=O) groups is 1. The second kappa shape index (κ2) is 10.5. The van der Waals surface area contributed by atoms with Crippen molar-refractivity contribution < 1.29 is 35.3 Å². The molecule has 0 saturated carbocycles. The van der Waals surface area contributed by atoms with Crippen LogP contribution in [-0.4, -0.2) is 41.2 Å². The summed E-state index contributed by atoms with van der Waals surface area (Å²) >= 11 is 0. The summed E-state index contributed by atoms with van der Waals surface area (Å²) in [5, 5.41) is 12.9. The number of hydrogen-bond donors (Lipinski definition) is 1. The molecule has 3 heterocycles. The van der Waals surface area contributed by atoms with Gasteiger partial charge in [-0.05, 0) is 43.2 Å². The van der Waals surface area contributed by atoms with Crippen LogP contribution in [0.5, 0.6) is 0 Å². The van der Waals surface area contributed by atoms with Crippen LogP contribution in [0.15, 0.2) is 64.3 Å². The lowest BCUT2D eigenvalue weighted by Gasteiger charge is -2.25. The number of nitrogens with zero attached hydrogens (tertiary/aromatic N) is 5. The highest BCUT2D eigenvalue weighted by Crippen LogP contribution is 2.38. The summed E-state index contributed by atoms with van der Waals surface area (Å²) in [6.45, 7) is 3.11. The van der Waals surface area contributed by atoms with Crippen LogP contribution in [-0.2, 0) is 32.8 Å². The quantitative estimate of drug-likeness (QED) is 0.322. The molecule has 222 valence electrons. The van der Waals surface area contributed by atoms with Crippen molar-refractivity contribution in [1.29, 1.82) is 5.26 Å². The number of carbonyl (C=O) groups excluding carboxylic acids is 1. The smallest absolute Gasteiger partial charge is 0.329 e. The molecular formula is C28H22F4N6O4S. The Morgan fingerprint density at radius 3 is 2.44 bits per heavy atom. The molecule has 2 N–H and O–H groups in total. The Morgan fingerprint density at radius 1 is 1.12 bits per heavy atom. The van der Waals surface area contributed by atoms with Crippen LogP contribution in [0.3, 0.4) is 0 Å². The highest BCUT2D eigenvalue weighted by atomic mass is 32.2. The van der Waals surface area contributed by atoms with Gasteiger partial charge in [0, 0.05) is 29.1 Å². The van der Waals surface area contributed by atoms with Crippen LogP contribution < -0.4 is 10.6 Å². The highest BCUT2D eigenvalue weighted by Gasteiger charge is 2.39. The van der Waals surface area contributed by atoms with Gasteiger partial charge in [-0.15, -0.1) is 0 Å². The molecule has 1 aliphatic rings. The first-order valence-corrected chi connectivity index (χ1v) is 14.3. The predicted molar refractivity (Wildman–Crippen MR) is 144 cm³/mol. The maximum Gasteiger partial charge on any atom is 0.471 e. The number of fused-ring (bicyclic) bond motifs is 1. The van der Waals surface area contributed by atoms with E-state index in [-0.39, 0.29) is 34.7 Å². The van der Waals surface area contributed by atoms with Crippen LogP contribution in [0.2, 0.25) is 0 Å². The zero-order valence-corrected chi connectivity index (χ0v) is 23.4. The molecule has 2 aromatic carbocycles. The minimum Gasteiger partial charge on any atom is -0.329 e. The van der Waals surface area contributed by atoms with Crippen LogP contribution in [0.25, 0.3) is 22.5 Å². The maximum absolute atomic E-state index is 15.5. The number of alkyl halides is 3. The van der Waals surface area contributed by atoms with Crippen molar-refractivity contribution in [3.8, 4) is 28.6 Å². The molecular weight excluding hydrogens is 592 g/mol. The number of hydrogen-bond acceptors (Lipinski definition) is 9. The first kappa shape index (κ1) is 29.8. The molecule has 1 atom stereocenters. The Kier molecular flexibility index (Phi) is 7.31. The average Bonchev–Trinajstić information content (AvgIpc) is 3.45. The molecule has 0 radical (unpaired) electrons. The van der Waals surface area contributed by atoms with Gasteiger partial charge in [-0.3, -0.25) is 9.78 Å². The van der Waals surface area contributed by atoms with Crippen molar-refractivity contribution in [3.05, 3.63) is 77.7 Å². The van der Waals surface area contributed by atoms with Crippen molar-refractivity contribution in [1.82, 2.24) is 15.1 Å². The van der Waals surface area contributed by atoms with Gasteiger partial charge in [-0.25, -0.2) is 12.8 Å². The normalized spacial score (nSPS) is 16.8. The Balaban J connectivity index is 1.57. The molecule has 0 fully saturated rings. The maximum atomic E-state index is 15.5. The van der Waals surface area contributed by atoms with E-state index < -0.39 is 55.7 Å². The third kappa shape index (κ3) is 5.71.